The van der Waals surface area contributed by atoms with Crippen LogP contribution in [-0.4, -0.2) is 16.7 Å². The molecule has 3 aromatic carbocycles. The molecule has 4 rings (SSSR count). The Kier molecular flexibility index (Phi) is 6.91. The third-order valence-electron chi connectivity index (χ3n) is 5.85. The van der Waals surface area contributed by atoms with Crippen LogP contribution in [0.2, 0.25) is 0 Å². The molecule has 9 heteroatoms. The third kappa shape index (κ3) is 4.85. The van der Waals surface area contributed by atoms with E-state index in [2.05, 4.69) is 16.0 Å². The first-order valence-electron chi connectivity index (χ1n) is 11.1. The Bertz CT molecular complexity index is 1420. The first-order valence-corrected chi connectivity index (χ1v) is 11.1. The fourth-order valence-corrected chi connectivity index (χ4v) is 4.26. The molecule has 0 saturated heterocycles. The summed E-state index contributed by atoms with van der Waals surface area (Å²) in [6, 6.07) is 20.6. The van der Waals surface area contributed by atoms with E-state index in [9.17, 15) is 24.1 Å². The van der Waals surface area contributed by atoms with Gasteiger partial charge in [0.25, 0.3) is 17.5 Å². The summed E-state index contributed by atoms with van der Waals surface area (Å²) in [5.41, 5.74) is 1.86. The van der Waals surface area contributed by atoms with E-state index in [0.717, 1.165) is 0 Å². The number of para-hydroxylation sites is 3. The van der Waals surface area contributed by atoms with Crippen LogP contribution in [0.1, 0.15) is 25.3 Å². The van der Waals surface area contributed by atoms with Crippen molar-refractivity contribution in [1.82, 2.24) is 5.32 Å². The normalized spacial score (nSPS) is 15.2. The smallest absolute Gasteiger partial charge is 0.292 e. The van der Waals surface area contributed by atoms with Crippen molar-refractivity contribution in [2.24, 2.45) is 0 Å². The topological polar surface area (TPSA) is 113 Å². The van der Waals surface area contributed by atoms with Crippen LogP contribution in [0.15, 0.2) is 101 Å². The molecule has 3 N–H and O–H groups in total. The van der Waals surface area contributed by atoms with E-state index < -0.39 is 28.5 Å². The highest BCUT2D eigenvalue weighted by Gasteiger charge is 2.37. The lowest BCUT2D eigenvalue weighted by molar-refractivity contribution is -0.383. The monoisotopic (exact) mass is 486 g/mol. The lowest BCUT2D eigenvalue weighted by Gasteiger charge is -2.31. The second kappa shape index (κ2) is 10.2. The standard InChI is InChI=1S/C27H23FN4O4/c1-16-23(26(33)30-20-13-7-6-12-19(20)28)25(18-10-4-3-5-11-18)24(17(2)29-16)27(34)31-21-14-8-9-15-22(21)32(35)36/h3-15,25,29H,1-2H3,(H,30,33)(H,31,34). The number of carbonyl (C=O) groups is 2. The Hall–Kier alpha value is -4.79. The Morgan fingerprint density at radius 2 is 1.31 bits per heavy atom. The number of nitro benzene ring substituents is 1. The number of carbonyl (C=O) groups excluding carboxylic acids is 2. The van der Waals surface area contributed by atoms with E-state index in [-0.39, 0.29) is 28.2 Å². The van der Waals surface area contributed by atoms with E-state index in [1.54, 1.807) is 50.2 Å². The molecule has 1 unspecified atom stereocenters. The van der Waals surface area contributed by atoms with Gasteiger partial charge in [-0.2, -0.15) is 0 Å². The largest absolute Gasteiger partial charge is 0.362 e. The number of allylic oxidation sites excluding steroid dienone is 2. The van der Waals surface area contributed by atoms with E-state index >= 15 is 0 Å². The summed E-state index contributed by atoms with van der Waals surface area (Å²) in [7, 11) is 0. The SMILES string of the molecule is CC1=C(C(=O)Nc2ccccc2F)C(c2ccccc2)C(C(=O)Nc2ccccc2[N+](=O)[O-])=C(C)N1. The Labute approximate surface area is 206 Å². The summed E-state index contributed by atoms with van der Waals surface area (Å²) in [4.78, 5) is 37.9. The van der Waals surface area contributed by atoms with Gasteiger partial charge in [-0.15, -0.1) is 0 Å². The third-order valence-corrected chi connectivity index (χ3v) is 5.85. The highest BCUT2D eigenvalue weighted by Crippen LogP contribution is 2.39. The predicted molar refractivity (Wildman–Crippen MR) is 134 cm³/mol. The van der Waals surface area contributed by atoms with Crippen LogP contribution in [0.3, 0.4) is 0 Å². The van der Waals surface area contributed by atoms with Crippen LogP contribution >= 0.6 is 0 Å². The van der Waals surface area contributed by atoms with Crippen molar-refractivity contribution in [3.8, 4) is 0 Å². The van der Waals surface area contributed by atoms with E-state index in [1.807, 2.05) is 6.07 Å². The van der Waals surface area contributed by atoms with Gasteiger partial charge in [0.1, 0.15) is 11.5 Å². The summed E-state index contributed by atoms with van der Waals surface area (Å²) in [5.74, 6) is -2.60. The number of rotatable bonds is 6. The fourth-order valence-electron chi connectivity index (χ4n) is 4.26. The molecular formula is C27H23FN4O4. The second-order valence-electron chi connectivity index (χ2n) is 8.21. The van der Waals surface area contributed by atoms with Crippen LogP contribution in [0, 0.1) is 15.9 Å². The minimum atomic E-state index is -0.818. The van der Waals surface area contributed by atoms with Crippen LogP contribution in [0.25, 0.3) is 0 Å². The molecule has 0 aliphatic carbocycles. The first kappa shape index (κ1) is 24.3. The number of anilines is 2. The zero-order chi connectivity index (χ0) is 25.8. The maximum atomic E-state index is 14.3. The lowest BCUT2D eigenvalue weighted by Crippen LogP contribution is -2.35. The number of nitrogens with zero attached hydrogens (tertiary/aromatic N) is 1. The van der Waals surface area contributed by atoms with Crippen molar-refractivity contribution in [3.05, 3.63) is 123 Å². The number of benzene rings is 3. The summed E-state index contributed by atoms with van der Waals surface area (Å²) in [5, 5.41) is 19.8. The van der Waals surface area contributed by atoms with Crippen molar-refractivity contribution in [2.75, 3.05) is 10.6 Å². The molecule has 3 aromatic rings. The van der Waals surface area contributed by atoms with E-state index in [1.165, 1.54) is 36.4 Å². The highest BCUT2D eigenvalue weighted by atomic mass is 19.1. The summed E-state index contributed by atoms with van der Waals surface area (Å²) in [6.07, 6.45) is 0. The quantitative estimate of drug-likeness (QED) is 0.326. The molecule has 0 spiro atoms. The van der Waals surface area contributed by atoms with Crippen LogP contribution in [0.4, 0.5) is 21.5 Å². The van der Waals surface area contributed by atoms with Gasteiger partial charge in [0.15, 0.2) is 0 Å². The molecule has 1 heterocycles. The molecule has 1 aliphatic rings. The molecule has 0 bridgehead atoms. The Balaban J connectivity index is 1.77. The van der Waals surface area contributed by atoms with Gasteiger partial charge >= 0.3 is 0 Å². The summed E-state index contributed by atoms with van der Waals surface area (Å²) < 4.78 is 14.3. The predicted octanol–water partition coefficient (Wildman–Crippen LogP) is 5.25. The zero-order valence-electron chi connectivity index (χ0n) is 19.5. The summed E-state index contributed by atoms with van der Waals surface area (Å²) in [6.45, 7) is 3.39. The van der Waals surface area contributed by atoms with Gasteiger partial charge in [0, 0.05) is 34.5 Å². The van der Waals surface area contributed by atoms with Crippen molar-refractivity contribution in [2.45, 2.75) is 19.8 Å². The first-order chi connectivity index (χ1) is 17.3. The van der Waals surface area contributed by atoms with E-state index in [4.69, 9.17) is 0 Å². The van der Waals surface area contributed by atoms with Crippen molar-refractivity contribution < 1.29 is 18.9 Å². The molecule has 182 valence electrons. The number of hydrogen-bond donors (Lipinski definition) is 3. The number of hydrogen-bond acceptors (Lipinski definition) is 5. The van der Waals surface area contributed by atoms with Crippen LogP contribution in [-0.2, 0) is 9.59 Å². The van der Waals surface area contributed by atoms with E-state index in [0.29, 0.717) is 17.0 Å². The Morgan fingerprint density at radius 3 is 1.89 bits per heavy atom. The number of dihydropyridines is 1. The van der Waals surface area contributed by atoms with Gasteiger partial charge in [-0.1, -0.05) is 54.6 Å². The number of nitro groups is 1. The molecule has 0 saturated carbocycles. The fraction of sp³-hybridized carbons (Fsp3) is 0.111. The average Bonchev–Trinajstić information content (AvgIpc) is 2.85. The maximum absolute atomic E-state index is 14.3. The number of nitrogens with one attached hydrogen (secondary N) is 3. The molecular weight excluding hydrogens is 463 g/mol. The second-order valence-corrected chi connectivity index (χ2v) is 8.21. The van der Waals surface area contributed by atoms with Crippen molar-refractivity contribution in [1.29, 1.82) is 0 Å². The molecule has 2 amide bonds. The van der Waals surface area contributed by atoms with Gasteiger partial charge in [-0.25, -0.2) is 4.39 Å². The molecule has 0 aromatic heterocycles. The lowest BCUT2D eigenvalue weighted by atomic mass is 9.79. The molecule has 1 atom stereocenters. The van der Waals surface area contributed by atoms with Crippen LogP contribution in [0.5, 0.6) is 0 Å². The molecule has 36 heavy (non-hydrogen) atoms. The van der Waals surface area contributed by atoms with Gasteiger partial charge in [-0.3, -0.25) is 19.7 Å². The maximum Gasteiger partial charge on any atom is 0.292 e. The van der Waals surface area contributed by atoms with Crippen molar-refractivity contribution >= 4 is 28.9 Å². The molecule has 0 radical (unpaired) electrons. The zero-order valence-corrected chi connectivity index (χ0v) is 19.5. The number of halogens is 1. The van der Waals surface area contributed by atoms with Crippen molar-refractivity contribution in [3.63, 3.8) is 0 Å². The van der Waals surface area contributed by atoms with Gasteiger partial charge in [0.2, 0.25) is 0 Å². The molecule has 1 aliphatic heterocycles. The molecule has 0 fully saturated rings. The summed E-state index contributed by atoms with van der Waals surface area (Å²) >= 11 is 0. The van der Waals surface area contributed by atoms with Gasteiger partial charge in [0.05, 0.1) is 10.6 Å². The minimum Gasteiger partial charge on any atom is -0.362 e. The average molecular weight is 487 g/mol. The van der Waals surface area contributed by atoms with Crippen LogP contribution < -0.4 is 16.0 Å². The van der Waals surface area contributed by atoms with Gasteiger partial charge < -0.3 is 16.0 Å². The molecule has 8 nitrogen and oxygen atoms in total. The highest BCUT2D eigenvalue weighted by molar-refractivity contribution is 6.12. The van der Waals surface area contributed by atoms with Gasteiger partial charge in [-0.05, 0) is 37.6 Å². The Morgan fingerprint density at radius 1 is 0.806 bits per heavy atom. The number of amides is 2. The minimum absolute atomic E-state index is 0.00629.